The Balaban J connectivity index is 4.98. The van der Waals surface area contributed by atoms with Crippen molar-refractivity contribution in [2.24, 2.45) is 0 Å². The van der Waals surface area contributed by atoms with Crippen molar-refractivity contribution >= 4 is 25.7 Å². The van der Waals surface area contributed by atoms with E-state index in [-0.39, 0.29) is 19.3 Å². The highest BCUT2D eigenvalue weighted by molar-refractivity contribution is 7.47. The van der Waals surface area contributed by atoms with Gasteiger partial charge in [-0.1, -0.05) is 191 Å². The maximum Gasteiger partial charge on any atom is 0.472 e. The Hall–Kier alpha value is -5.16. The Bertz CT molecular complexity index is 1920. The number of aliphatic hydroxyl groups is 1. The standard InChI is InChI=1S/C64H97O11P/c1-4-7-10-13-16-19-22-25-28-30-33-35-38-41-44-47-50-53-62(66)71-57-61(75-64(68)55-52-49-46-43-40-37-34-31-29-26-23-20-17-14-11-8-5-2)59-73-76(69,70)72-58-60(56-65)74-63(67)54-51-48-45-42-39-36-32-27-24-21-18-15-12-9-6-3/h7-12,16-21,25-29,32-35,37,39,41-44,46,60-61,65H,4-6,13-15,22-24,30-31,36,38,40,45,47-59H2,1-3H3,(H,69,70)/b10-7-,11-8-,12-9-,19-16-,20-17-,21-18-,28-25-,29-26-,32-27-,35-33-,37-34-,42-39-,44-41-,46-43-. The van der Waals surface area contributed by atoms with Gasteiger partial charge in [0.15, 0.2) is 6.10 Å². The van der Waals surface area contributed by atoms with E-state index in [1.54, 1.807) is 0 Å². The normalized spacial score (nSPS) is 14.6. The Morgan fingerprint density at radius 3 is 0.987 bits per heavy atom. The zero-order chi connectivity index (χ0) is 55.5. The molecule has 0 aliphatic carbocycles. The molecule has 0 aliphatic heterocycles. The number of carbonyl (C=O) groups is 3. The smallest absolute Gasteiger partial charge is 0.462 e. The van der Waals surface area contributed by atoms with Crippen molar-refractivity contribution in [1.82, 2.24) is 0 Å². The van der Waals surface area contributed by atoms with Crippen LogP contribution >= 0.6 is 7.82 Å². The molecule has 0 amide bonds. The number of hydrogen-bond acceptors (Lipinski definition) is 10. The molecule has 2 N–H and O–H groups in total. The molecule has 0 fully saturated rings. The molecule has 0 radical (unpaired) electrons. The van der Waals surface area contributed by atoms with Crippen molar-refractivity contribution < 1.29 is 52.2 Å². The van der Waals surface area contributed by atoms with Crippen molar-refractivity contribution in [2.45, 2.75) is 187 Å². The summed E-state index contributed by atoms with van der Waals surface area (Å²) in [4.78, 5) is 48.5. The van der Waals surface area contributed by atoms with Crippen LogP contribution in [0.4, 0.5) is 0 Å². The van der Waals surface area contributed by atoms with Gasteiger partial charge in [0.2, 0.25) is 0 Å². The van der Waals surface area contributed by atoms with Gasteiger partial charge in [-0.15, -0.1) is 0 Å². The molecule has 0 aromatic carbocycles. The number of aliphatic hydroxyl groups excluding tert-OH is 1. The van der Waals surface area contributed by atoms with Crippen LogP contribution in [0.5, 0.6) is 0 Å². The fourth-order valence-corrected chi connectivity index (χ4v) is 7.26. The third-order valence-corrected chi connectivity index (χ3v) is 11.6. The summed E-state index contributed by atoms with van der Waals surface area (Å²) in [6, 6.07) is 0. The monoisotopic (exact) mass is 1070 g/mol. The molecule has 0 aromatic heterocycles. The van der Waals surface area contributed by atoms with Gasteiger partial charge in [0.1, 0.15) is 12.7 Å². The van der Waals surface area contributed by atoms with Gasteiger partial charge in [-0.2, -0.15) is 0 Å². The molecule has 0 rings (SSSR count). The lowest BCUT2D eigenvalue weighted by atomic mass is 10.2. The molecule has 76 heavy (non-hydrogen) atoms. The average molecular weight is 1070 g/mol. The Kier molecular flexibility index (Phi) is 52.2. The van der Waals surface area contributed by atoms with Crippen LogP contribution in [-0.4, -0.2) is 66.5 Å². The number of unbranched alkanes of at least 4 members (excludes halogenated alkanes) is 4. The van der Waals surface area contributed by atoms with Crippen LogP contribution in [0.25, 0.3) is 0 Å². The van der Waals surface area contributed by atoms with Crippen molar-refractivity contribution in [3.63, 3.8) is 0 Å². The average Bonchev–Trinajstić information content (AvgIpc) is 3.41. The van der Waals surface area contributed by atoms with E-state index in [1.165, 1.54) is 0 Å². The van der Waals surface area contributed by atoms with Crippen LogP contribution in [0.3, 0.4) is 0 Å². The van der Waals surface area contributed by atoms with E-state index in [1.807, 2.05) is 24.3 Å². The second-order valence-electron chi connectivity index (χ2n) is 17.6. The molecule has 0 aliphatic rings. The second kappa shape index (κ2) is 56.1. The molecule has 0 saturated heterocycles. The van der Waals surface area contributed by atoms with E-state index in [0.717, 1.165) is 103 Å². The maximum absolute atomic E-state index is 12.9. The molecule has 0 aromatic rings. The van der Waals surface area contributed by atoms with E-state index >= 15 is 0 Å². The van der Waals surface area contributed by atoms with Gasteiger partial charge < -0.3 is 24.2 Å². The van der Waals surface area contributed by atoms with Crippen LogP contribution in [-0.2, 0) is 42.2 Å². The van der Waals surface area contributed by atoms with E-state index in [9.17, 15) is 28.9 Å². The molecular formula is C64H97O11P. The number of ether oxygens (including phenoxy) is 3. The summed E-state index contributed by atoms with van der Waals surface area (Å²) >= 11 is 0. The molecule has 3 unspecified atom stereocenters. The summed E-state index contributed by atoms with van der Waals surface area (Å²) in [7, 11) is -4.80. The molecule has 0 spiro atoms. The lowest BCUT2D eigenvalue weighted by Crippen LogP contribution is -2.30. The Morgan fingerprint density at radius 2 is 0.645 bits per heavy atom. The third kappa shape index (κ3) is 53.7. The summed E-state index contributed by atoms with van der Waals surface area (Å²) in [6.07, 6.45) is 74.8. The molecule has 3 atom stereocenters. The fourth-order valence-electron chi connectivity index (χ4n) is 6.47. The first-order valence-corrected chi connectivity index (χ1v) is 29.5. The molecule has 0 bridgehead atoms. The van der Waals surface area contributed by atoms with Gasteiger partial charge in [-0.25, -0.2) is 4.57 Å². The first kappa shape index (κ1) is 70.8. The van der Waals surface area contributed by atoms with Gasteiger partial charge in [0.25, 0.3) is 0 Å². The van der Waals surface area contributed by atoms with Gasteiger partial charge in [0.05, 0.1) is 19.8 Å². The van der Waals surface area contributed by atoms with Crippen LogP contribution in [0, 0.1) is 0 Å². The predicted molar refractivity (Wildman–Crippen MR) is 315 cm³/mol. The minimum atomic E-state index is -4.80. The van der Waals surface area contributed by atoms with Crippen LogP contribution in [0.15, 0.2) is 170 Å². The Labute approximate surface area is 459 Å². The van der Waals surface area contributed by atoms with E-state index in [0.29, 0.717) is 32.1 Å². The van der Waals surface area contributed by atoms with Crippen molar-refractivity contribution in [1.29, 1.82) is 0 Å². The number of carbonyl (C=O) groups excluding carboxylic acids is 3. The largest absolute Gasteiger partial charge is 0.472 e. The molecule has 0 heterocycles. The van der Waals surface area contributed by atoms with Crippen LogP contribution in [0.2, 0.25) is 0 Å². The molecular weight excluding hydrogens is 976 g/mol. The first-order valence-electron chi connectivity index (χ1n) is 28.0. The fraction of sp³-hybridized carbons (Fsp3) is 0.516. The number of hydrogen-bond donors (Lipinski definition) is 2. The quantitative estimate of drug-likeness (QED) is 0.0197. The number of phosphoric acid groups is 1. The summed E-state index contributed by atoms with van der Waals surface area (Å²) in [5, 5.41) is 9.80. The number of allylic oxidation sites excluding steroid dienone is 28. The minimum absolute atomic E-state index is 0.0628. The van der Waals surface area contributed by atoms with E-state index in [4.69, 9.17) is 23.3 Å². The Morgan fingerprint density at radius 1 is 0.368 bits per heavy atom. The summed E-state index contributed by atoms with van der Waals surface area (Å²) in [6.45, 7) is 4.08. The van der Waals surface area contributed by atoms with Crippen LogP contribution in [0.1, 0.15) is 175 Å². The van der Waals surface area contributed by atoms with Crippen molar-refractivity contribution in [2.75, 3.05) is 26.4 Å². The van der Waals surface area contributed by atoms with Gasteiger partial charge in [-0.3, -0.25) is 23.4 Å². The van der Waals surface area contributed by atoms with Crippen molar-refractivity contribution in [3.8, 4) is 0 Å². The van der Waals surface area contributed by atoms with E-state index in [2.05, 4.69) is 167 Å². The summed E-state index contributed by atoms with van der Waals surface area (Å²) < 4.78 is 39.3. The van der Waals surface area contributed by atoms with Gasteiger partial charge >= 0.3 is 25.7 Å². The topological polar surface area (TPSA) is 155 Å². The minimum Gasteiger partial charge on any atom is -0.462 e. The number of rotatable bonds is 49. The molecule has 12 heteroatoms. The zero-order valence-electron chi connectivity index (χ0n) is 46.6. The second-order valence-corrected chi connectivity index (χ2v) is 19.1. The highest BCUT2D eigenvalue weighted by Crippen LogP contribution is 2.43. The van der Waals surface area contributed by atoms with Crippen molar-refractivity contribution in [3.05, 3.63) is 170 Å². The highest BCUT2D eigenvalue weighted by atomic mass is 31.2. The molecule has 424 valence electrons. The van der Waals surface area contributed by atoms with Gasteiger partial charge in [0, 0.05) is 19.3 Å². The van der Waals surface area contributed by atoms with Crippen LogP contribution < -0.4 is 0 Å². The SMILES string of the molecule is CC/C=C\C/C=C\C/C=C\C/C=C\C/C=C\CCCC(=O)OCC(COP(=O)(O)OCC(CO)OC(=O)CCCC/C=C\C/C=C\C/C=C\C/C=C\CC)OC(=O)CCC/C=C\C/C=C\C/C=C\C/C=C\C/C=C\CC. The lowest BCUT2D eigenvalue weighted by Gasteiger charge is -2.21. The summed E-state index contributed by atoms with van der Waals surface area (Å²) in [5.74, 6) is -1.68. The number of phosphoric ester groups is 1. The number of esters is 3. The maximum atomic E-state index is 12.9. The zero-order valence-corrected chi connectivity index (χ0v) is 47.5. The summed E-state index contributed by atoms with van der Waals surface area (Å²) in [5.41, 5.74) is 0. The lowest BCUT2D eigenvalue weighted by molar-refractivity contribution is -0.161. The first-order chi connectivity index (χ1) is 37.2. The molecule has 0 saturated carbocycles. The van der Waals surface area contributed by atoms with E-state index < -0.39 is 64.4 Å². The predicted octanol–water partition coefficient (Wildman–Crippen LogP) is 16.7. The third-order valence-electron chi connectivity index (χ3n) is 10.6. The molecule has 11 nitrogen and oxygen atoms in total. The van der Waals surface area contributed by atoms with Gasteiger partial charge in [-0.05, 0) is 135 Å². The highest BCUT2D eigenvalue weighted by Gasteiger charge is 2.28.